The van der Waals surface area contributed by atoms with E-state index >= 15 is 0 Å². The molecule has 13 rings (SSSR count). The Balaban J connectivity index is 0.000000266. The van der Waals surface area contributed by atoms with Gasteiger partial charge in [-0.3, -0.25) is 25.1 Å². The van der Waals surface area contributed by atoms with E-state index in [2.05, 4.69) is 58.3 Å². The van der Waals surface area contributed by atoms with E-state index < -0.39 is 118 Å². The molecule has 0 radical (unpaired) electrons. The predicted molar refractivity (Wildman–Crippen MR) is 545 cm³/mol. The van der Waals surface area contributed by atoms with Crippen LogP contribution in [-0.4, -0.2) is 50.2 Å². The Morgan fingerprint density at radius 3 is 0.926 bits per heavy atom. The number of aliphatic imine (C=N–C) groups is 4. The average Bonchev–Trinajstić information content (AvgIpc) is 0.793. The van der Waals surface area contributed by atoms with E-state index in [0.29, 0.717) is 34.5 Å². The first-order valence-corrected chi connectivity index (χ1v) is 73.4. The summed E-state index contributed by atoms with van der Waals surface area (Å²) < 4.78 is 67.9. The van der Waals surface area contributed by atoms with Crippen molar-refractivity contribution in [2.45, 2.75) is 313 Å². The van der Waals surface area contributed by atoms with Crippen LogP contribution in [0.4, 0.5) is 50.4 Å². The molecule has 0 heterocycles. The van der Waals surface area contributed by atoms with Crippen molar-refractivity contribution >= 4 is 121 Å². The molecule has 0 bridgehead atoms. The van der Waals surface area contributed by atoms with Crippen LogP contribution in [0.5, 0.6) is 23.0 Å². The van der Waals surface area contributed by atoms with Crippen molar-refractivity contribution < 1.29 is 131 Å². The minimum atomic E-state index is -2.23. The van der Waals surface area contributed by atoms with E-state index in [0.717, 1.165) is 145 Å². The summed E-state index contributed by atoms with van der Waals surface area (Å²) in [6.07, 6.45) is 60.3. The molecule has 9 aromatic carbocycles. The second-order valence-electron chi connectivity index (χ2n) is 34.6. The molecule has 11 nitrogen and oxygen atoms in total. The Labute approximate surface area is 874 Å². The number of benzene rings is 9. The normalized spacial score (nSPS) is 16.2. The van der Waals surface area contributed by atoms with Crippen LogP contribution in [0, 0.1) is 46.1 Å². The fourth-order valence-electron chi connectivity index (χ4n) is 18.1. The fourth-order valence-corrected chi connectivity index (χ4v) is 18.1. The third-order valence-electron chi connectivity index (χ3n) is 25.3. The first-order valence-electron chi connectivity index (χ1n) is 48.1. The molecule has 4 aliphatic rings. The van der Waals surface area contributed by atoms with Gasteiger partial charge in [0.25, 0.3) is 5.69 Å². The van der Waals surface area contributed by atoms with Crippen molar-refractivity contribution in [1.29, 1.82) is 0 Å². The van der Waals surface area contributed by atoms with Gasteiger partial charge in [0.2, 0.25) is 5.82 Å². The standard InChI is InChI=1S/C31H37NO.C26H35NO.C25H28F5NO.C25H32N2O3.8ClH.4Zr/c33-31-29(26-18-10-6-4-2-1-3-5-7-11-19-26)23-22-28(25-16-12-8-13-17-25)30(31)24-32-27-20-14-9-15-21-27;1-21-18-19-24(22-14-10-7-5-3-2-4-6-8-11-15-22)26(28)25(21)20-27-23-16-12-9-13-17-23;26-19-20(27)22(29)24(23(30)21(19)28)31-15-17-13-10-14-18(25(17)32)16-11-8-6-4-2-1-3-5-7-9-12-16;28-25-21(19-26-22-15-11-8-12-16-22)17-23(27(29)30)18-24(25)20-13-9-6-4-2-1-3-5-7-10-14-20;;;;;;;;;;;;/h8-9,12-17,20-24,26,33H,1-7,10-11,18-19H2;9,12-13,16-20,22,28H,2-8,10-11,14-15H2,1H3;10,13-16,32H,1-9,11-12H2;8,11-12,15-20,28H,1-7,9-10,13-14H2;8*1H;;;;/q;;;;;;;;;;;;4*+2/p-8. The summed E-state index contributed by atoms with van der Waals surface area (Å²) in [5, 5.41) is 56.0. The maximum atomic E-state index is 13.9. The Hall–Kier alpha value is -4.24. The Bertz CT molecular complexity index is 4830. The Morgan fingerprint density at radius 2 is 0.578 bits per heavy atom. The van der Waals surface area contributed by atoms with E-state index in [1.807, 2.05) is 128 Å². The molecule has 0 aromatic heterocycles. The van der Waals surface area contributed by atoms with Crippen molar-refractivity contribution in [2.24, 2.45) is 20.0 Å². The van der Waals surface area contributed by atoms with Gasteiger partial charge >= 0.3 is 151 Å². The Kier molecular flexibility index (Phi) is 65.3. The summed E-state index contributed by atoms with van der Waals surface area (Å²) in [4.78, 5) is 28.4. The molecule has 0 amide bonds. The molecule has 0 atom stereocenters. The predicted octanol–water partition coefficient (Wildman–Crippen LogP) is 38.2. The van der Waals surface area contributed by atoms with Gasteiger partial charge in [0.05, 0.1) is 22.0 Å². The zero-order valence-electron chi connectivity index (χ0n) is 77.7. The molecule has 9 aromatic rings. The molecule has 4 N–H and O–H groups in total. The SMILES string of the molecule is Cc1ccc(C2CCCCCCCCCCC2)c(O)c1C=Nc1ccccc1.O=[N+]([O-])c1cc(C=Nc2ccccc2)c(O)c(C2CCCCCCCCCCC2)c1.Oc1c(C2CCCCCCCCCCC2)ccc(-c2ccccc2)c1C=Nc1ccccc1.Oc1c(C=Nc2c(F)c(F)c(F)c(F)c2F)cccc1C1CCCCCCCCCCC1.[Cl][Zr][Cl].[Cl][Zr][Cl].[Cl][Zr][Cl].[Cl][Zr][Cl]. The Morgan fingerprint density at radius 1 is 0.304 bits per heavy atom. The summed E-state index contributed by atoms with van der Waals surface area (Å²) in [7, 11) is 39.5. The number of para-hydroxylation sites is 4. The number of nitro groups is 1. The van der Waals surface area contributed by atoms with Crippen LogP contribution in [0.15, 0.2) is 196 Å². The molecule has 135 heavy (non-hydrogen) atoms. The summed E-state index contributed by atoms with van der Waals surface area (Å²) >= 11 is -3.30. The van der Waals surface area contributed by atoms with Gasteiger partial charge in [-0.15, -0.1) is 0 Å². The van der Waals surface area contributed by atoms with Crippen LogP contribution in [0.2, 0.25) is 0 Å². The number of hydrogen-bond donors (Lipinski definition) is 4. The minimum absolute atomic E-state index is 0.0171. The van der Waals surface area contributed by atoms with Gasteiger partial charge in [-0.1, -0.05) is 352 Å². The number of phenols is 4. The molecule has 0 saturated heterocycles. The molecule has 0 aliphatic heterocycles. The first kappa shape index (κ1) is 119. The summed E-state index contributed by atoms with van der Waals surface area (Å²) in [6, 6.07) is 56.3. The van der Waals surface area contributed by atoms with Gasteiger partial charge in [-0.05, 0) is 158 Å². The van der Waals surface area contributed by atoms with Crippen molar-refractivity contribution in [1.82, 2.24) is 0 Å². The molecule has 28 heteroatoms. The van der Waals surface area contributed by atoms with Crippen LogP contribution >= 0.6 is 68.1 Å². The quantitative estimate of drug-likeness (QED) is 0.0211. The van der Waals surface area contributed by atoms with Crippen molar-refractivity contribution in [3.05, 3.63) is 265 Å². The fraction of sp³-hybridized carbons (Fsp3) is 0.458. The van der Waals surface area contributed by atoms with E-state index in [9.17, 15) is 52.5 Å². The number of phenolic OH excluding ortho intramolecular Hbond substituents is 4. The third-order valence-corrected chi connectivity index (χ3v) is 25.3. The van der Waals surface area contributed by atoms with Crippen molar-refractivity contribution in [3.63, 3.8) is 0 Å². The third kappa shape index (κ3) is 45.5. The van der Waals surface area contributed by atoms with Crippen LogP contribution in [0.25, 0.3) is 11.1 Å². The number of nitro benzene ring substituents is 1. The molecule has 4 fully saturated rings. The summed E-state index contributed by atoms with van der Waals surface area (Å²) in [5.74, 6) is -8.28. The summed E-state index contributed by atoms with van der Waals surface area (Å²) in [6.45, 7) is 2.05. The van der Waals surface area contributed by atoms with E-state index in [1.165, 1.54) is 224 Å². The van der Waals surface area contributed by atoms with Crippen LogP contribution in [-0.2, 0) is 83.4 Å². The zero-order valence-corrected chi connectivity index (χ0v) is 93.6. The molecule has 4 saturated carbocycles. The second kappa shape index (κ2) is 73.8. The topological polar surface area (TPSA) is 174 Å². The number of nitrogens with zero attached hydrogens (tertiary/aromatic N) is 5. The van der Waals surface area contributed by atoms with E-state index in [4.69, 9.17) is 73.1 Å². The number of non-ortho nitro benzene ring substituents is 1. The van der Waals surface area contributed by atoms with Crippen LogP contribution in [0.3, 0.4) is 0 Å². The van der Waals surface area contributed by atoms with Gasteiger partial charge in [-0.25, -0.2) is 26.9 Å². The molecule has 0 spiro atoms. The van der Waals surface area contributed by atoms with Gasteiger partial charge in [0.1, 0.15) is 28.7 Å². The second-order valence-corrected chi connectivity index (χ2v) is 49.6. The van der Waals surface area contributed by atoms with Gasteiger partial charge in [0, 0.05) is 64.8 Å². The molecular weight excluding hydrogens is 2190 g/mol. The molecule has 728 valence electrons. The zero-order chi connectivity index (χ0) is 97.4. The van der Waals surface area contributed by atoms with E-state index in [1.54, 1.807) is 12.1 Å². The first-order chi connectivity index (χ1) is 65.8. The average molecular weight is 2330 g/mol. The monoisotopic (exact) mass is 2320 g/mol. The maximum absolute atomic E-state index is 13.9. The van der Waals surface area contributed by atoms with Crippen LogP contribution in [0.1, 0.15) is 356 Å². The number of aryl methyl sites for hydroxylation is 1. The number of aromatic hydroxyl groups is 4. The molecular formula is C107H132Cl8F5N5O6Zr4. The molecule has 0 unspecified atom stereocenters. The summed E-state index contributed by atoms with van der Waals surface area (Å²) in [5.41, 5.74) is 10.4. The van der Waals surface area contributed by atoms with Crippen LogP contribution < -0.4 is 0 Å². The number of halogens is 13. The molecule has 4 aliphatic carbocycles. The van der Waals surface area contributed by atoms with Gasteiger partial charge in [0.15, 0.2) is 23.3 Å². The van der Waals surface area contributed by atoms with Gasteiger partial charge < -0.3 is 20.4 Å². The number of hydrogen-bond acceptors (Lipinski definition) is 10. The van der Waals surface area contributed by atoms with Crippen molar-refractivity contribution in [2.75, 3.05) is 0 Å². The van der Waals surface area contributed by atoms with Gasteiger partial charge in [-0.2, -0.15) is 0 Å². The number of rotatable bonds is 14. The van der Waals surface area contributed by atoms with E-state index in [-0.39, 0.29) is 39.5 Å². The van der Waals surface area contributed by atoms with Crippen molar-refractivity contribution in [3.8, 4) is 34.1 Å².